The Balaban J connectivity index is 1.64. The van der Waals surface area contributed by atoms with Gasteiger partial charge in [-0.15, -0.1) is 0 Å². The zero-order valence-electron chi connectivity index (χ0n) is 18.7. The fourth-order valence-electron chi connectivity index (χ4n) is 4.61. The Morgan fingerprint density at radius 3 is 2.55 bits per heavy atom. The van der Waals surface area contributed by atoms with Crippen molar-refractivity contribution in [3.8, 4) is 0 Å². The maximum absolute atomic E-state index is 13.0. The van der Waals surface area contributed by atoms with E-state index in [1.165, 1.54) is 0 Å². The molecule has 1 saturated heterocycles. The monoisotopic (exact) mass is 427 g/mol. The maximum atomic E-state index is 13.0. The van der Waals surface area contributed by atoms with Crippen molar-refractivity contribution < 1.29 is 14.4 Å². The van der Waals surface area contributed by atoms with Gasteiger partial charge in [-0.1, -0.05) is 39.0 Å². The number of piperidine rings is 1. The lowest BCUT2D eigenvalue weighted by Crippen LogP contribution is -2.51. The number of benzene rings is 1. The van der Waals surface area contributed by atoms with Crippen molar-refractivity contribution in [2.75, 3.05) is 11.9 Å². The van der Waals surface area contributed by atoms with Crippen LogP contribution in [-0.2, 0) is 14.4 Å². The van der Waals surface area contributed by atoms with E-state index in [2.05, 4.69) is 31.4 Å². The molecule has 168 valence electrons. The third-order valence-corrected chi connectivity index (χ3v) is 5.88. The minimum Gasteiger partial charge on any atom is -0.376 e. The number of nitrogens with zero attached hydrogens (tertiary/aromatic N) is 1. The van der Waals surface area contributed by atoms with Crippen LogP contribution < -0.4 is 16.4 Å². The molecule has 0 aromatic heterocycles. The van der Waals surface area contributed by atoms with Gasteiger partial charge in [0.05, 0.1) is 6.54 Å². The smallest absolute Gasteiger partial charge is 0.267 e. The number of amides is 3. The molecule has 2 fully saturated rings. The van der Waals surface area contributed by atoms with Gasteiger partial charge in [0.25, 0.3) is 5.91 Å². The van der Waals surface area contributed by atoms with Crippen LogP contribution in [0.25, 0.3) is 0 Å². The van der Waals surface area contributed by atoms with Gasteiger partial charge < -0.3 is 21.3 Å². The SMILES string of the molecule is C[C@H](CC(C)(C)C)NC(=O)[C@@H]1C[C@H]2C[C@H]2N1C(=O)CNc1ccccc1C(=N)C(N)=O. The molecule has 31 heavy (non-hydrogen) atoms. The number of carbonyl (C=O) groups excluding carboxylic acids is 3. The van der Waals surface area contributed by atoms with Crippen LogP contribution in [0.15, 0.2) is 24.3 Å². The number of carbonyl (C=O) groups is 3. The van der Waals surface area contributed by atoms with Crippen LogP contribution in [0.1, 0.15) is 52.5 Å². The molecule has 0 unspecified atom stereocenters. The quantitative estimate of drug-likeness (QED) is 0.472. The molecule has 1 aromatic carbocycles. The van der Waals surface area contributed by atoms with Crippen molar-refractivity contribution >= 4 is 29.1 Å². The number of para-hydroxylation sites is 1. The average Bonchev–Trinajstić information content (AvgIpc) is 3.33. The predicted octanol–water partition coefficient (Wildman–Crippen LogP) is 1.88. The van der Waals surface area contributed by atoms with E-state index in [1.807, 2.05) is 6.92 Å². The summed E-state index contributed by atoms with van der Waals surface area (Å²) in [5.41, 5.74) is 5.86. The average molecular weight is 428 g/mol. The van der Waals surface area contributed by atoms with Gasteiger partial charge in [0.15, 0.2) is 0 Å². The van der Waals surface area contributed by atoms with E-state index in [-0.39, 0.29) is 41.6 Å². The predicted molar refractivity (Wildman–Crippen MR) is 120 cm³/mol. The van der Waals surface area contributed by atoms with E-state index in [0.717, 1.165) is 12.8 Å². The van der Waals surface area contributed by atoms with Crippen LogP contribution in [-0.4, -0.2) is 53.0 Å². The van der Waals surface area contributed by atoms with Crippen molar-refractivity contribution in [3.05, 3.63) is 29.8 Å². The summed E-state index contributed by atoms with van der Waals surface area (Å²) in [6, 6.07) is 6.48. The van der Waals surface area contributed by atoms with Crippen LogP contribution >= 0.6 is 0 Å². The molecule has 0 spiro atoms. The van der Waals surface area contributed by atoms with Gasteiger partial charge in [0, 0.05) is 23.3 Å². The number of hydrogen-bond donors (Lipinski definition) is 4. The molecule has 1 aromatic rings. The molecule has 8 heteroatoms. The molecule has 3 amide bonds. The number of hydrogen-bond acceptors (Lipinski definition) is 5. The maximum Gasteiger partial charge on any atom is 0.267 e. The Kier molecular flexibility index (Phi) is 6.38. The molecule has 8 nitrogen and oxygen atoms in total. The number of primary amides is 1. The molecule has 1 aliphatic carbocycles. The molecular formula is C23H33N5O3. The highest BCUT2D eigenvalue weighted by Crippen LogP contribution is 2.47. The molecule has 5 N–H and O–H groups in total. The first-order valence-corrected chi connectivity index (χ1v) is 10.8. The fourth-order valence-corrected chi connectivity index (χ4v) is 4.61. The summed E-state index contributed by atoms with van der Waals surface area (Å²) in [6.45, 7) is 8.39. The van der Waals surface area contributed by atoms with E-state index < -0.39 is 11.9 Å². The van der Waals surface area contributed by atoms with E-state index >= 15 is 0 Å². The Morgan fingerprint density at radius 2 is 1.90 bits per heavy atom. The third kappa shape index (κ3) is 5.42. The lowest BCUT2D eigenvalue weighted by Gasteiger charge is -2.30. The summed E-state index contributed by atoms with van der Waals surface area (Å²) in [6.07, 6.45) is 2.50. The summed E-state index contributed by atoms with van der Waals surface area (Å²) in [5.74, 6) is -0.683. The standard InChI is InChI=1S/C23H33N5O3/c1-13(11-23(2,3)4)27-22(31)18-10-14-9-17(14)28(18)19(29)12-26-16-8-6-5-7-15(16)20(24)21(25)30/h5-8,13-14,17-18,24,26H,9-12H2,1-4H3,(H2,25,30)(H,27,31)/t13-,14-,17-,18+/m1/s1. The van der Waals surface area contributed by atoms with Crippen LogP contribution in [0.5, 0.6) is 0 Å². The van der Waals surface area contributed by atoms with Crippen LogP contribution in [0.4, 0.5) is 5.69 Å². The lowest BCUT2D eigenvalue weighted by atomic mass is 9.88. The molecule has 3 rings (SSSR count). The van der Waals surface area contributed by atoms with Crippen LogP contribution in [0.2, 0.25) is 0 Å². The molecule has 1 heterocycles. The van der Waals surface area contributed by atoms with Crippen LogP contribution in [0.3, 0.4) is 0 Å². The topological polar surface area (TPSA) is 128 Å². The van der Waals surface area contributed by atoms with Gasteiger partial charge in [0.1, 0.15) is 11.8 Å². The highest BCUT2D eigenvalue weighted by molar-refractivity contribution is 6.44. The Bertz CT molecular complexity index is 891. The zero-order chi connectivity index (χ0) is 22.9. The van der Waals surface area contributed by atoms with E-state index in [9.17, 15) is 14.4 Å². The minimum atomic E-state index is -0.831. The summed E-state index contributed by atoms with van der Waals surface area (Å²) < 4.78 is 0. The third-order valence-electron chi connectivity index (χ3n) is 5.88. The van der Waals surface area contributed by atoms with E-state index in [4.69, 9.17) is 11.1 Å². The Labute approximate surface area is 183 Å². The first-order chi connectivity index (χ1) is 14.5. The van der Waals surface area contributed by atoms with Gasteiger partial charge in [-0.05, 0) is 43.6 Å². The van der Waals surface area contributed by atoms with Crippen molar-refractivity contribution in [3.63, 3.8) is 0 Å². The fraction of sp³-hybridized carbons (Fsp3) is 0.565. The number of nitrogens with one attached hydrogen (secondary N) is 3. The molecule has 4 atom stereocenters. The van der Waals surface area contributed by atoms with Crippen molar-refractivity contribution in [1.82, 2.24) is 10.2 Å². The summed E-state index contributed by atoms with van der Waals surface area (Å²) >= 11 is 0. The van der Waals surface area contributed by atoms with Crippen molar-refractivity contribution in [1.29, 1.82) is 5.41 Å². The molecular weight excluding hydrogens is 394 g/mol. The molecule has 0 bridgehead atoms. The van der Waals surface area contributed by atoms with Gasteiger partial charge in [-0.2, -0.15) is 0 Å². The van der Waals surface area contributed by atoms with E-state index in [0.29, 0.717) is 23.6 Å². The first kappa shape index (κ1) is 22.8. The lowest BCUT2D eigenvalue weighted by molar-refractivity contribution is -0.138. The van der Waals surface area contributed by atoms with E-state index in [1.54, 1.807) is 29.2 Å². The number of likely N-dealkylation sites (tertiary alicyclic amines) is 1. The number of anilines is 1. The van der Waals surface area contributed by atoms with Crippen LogP contribution in [0, 0.1) is 16.7 Å². The zero-order valence-corrected chi connectivity index (χ0v) is 18.7. The van der Waals surface area contributed by atoms with Crippen molar-refractivity contribution in [2.45, 2.75) is 65.1 Å². The highest BCUT2D eigenvalue weighted by Gasteiger charge is 2.55. The number of rotatable bonds is 8. The number of nitrogens with two attached hydrogens (primary N) is 1. The Hall–Kier alpha value is -2.90. The summed E-state index contributed by atoms with van der Waals surface area (Å²) in [5, 5.41) is 14.0. The normalized spacial score (nSPS) is 23.0. The second kappa shape index (κ2) is 8.69. The van der Waals surface area contributed by atoms with Gasteiger partial charge in [0.2, 0.25) is 11.8 Å². The molecule has 1 aliphatic heterocycles. The Morgan fingerprint density at radius 1 is 1.23 bits per heavy atom. The first-order valence-electron chi connectivity index (χ1n) is 10.8. The van der Waals surface area contributed by atoms with Gasteiger partial charge in [-0.25, -0.2) is 0 Å². The summed E-state index contributed by atoms with van der Waals surface area (Å²) in [4.78, 5) is 39.1. The highest BCUT2D eigenvalue weighted by atomic mass is 16.2. The minimum absolute atomic E-state index is 0.0202. The van der Waals surface area contributed by atoms with Gasteiger partial charge >= 0.3 is 0 Å². The van der Waals surface area contributed by atoms with Gasteiger partial charge in [-0.3, -0.25) is 19.8 Å². The molecule has 1 saturated carbocycles. The van der Waals surface area contributed by atoms with Crippen molar-refractivity contribution in [2.24, 2.45) is 17.1 Å². The molecule has 2 aliphatic rings. The largest absolute Gasteiger partial charge is 0.376 e. The number of fused-ring (bicyclic) bond motifs is 1. The summed E-state index contributed by atoms with van der Waals surface area (Å²) in [7, 11) is 0. The molecule has 0 radical (unpaired) electrons. The second-order valence-electron chi connectivity index (χ2n) is 9.93. The second-order valence-corrected chi connectivity index (χ2v) is 9.93.